The molecule has 1 atom stereocenters. The smallest absolute Gasteiger partial charge is 0.298 e. The molecule has 1 N–H and O–H groups in total. The topological polar surface area (TPSA) is 59.4 Å². The number of hydrogen-bond acceptors (Lipinski definition) is 3. The summed E-state index contributed by atoms with van der Waals surface area (Å²) in [6.45, 7) is 0. The second-order valence-electron chi connectivity index (χ2n) is 5.19. The molecule has 0 bridgehead atoms. The van der Waals surface area contributed by atoms with Gasteiger partial charge in [0.1, 0.15) is 5.52 Å². The Morgan fingerprint density at radius 1 is 1.35 bits per heavy atom. The average molecular weight is 340 g/mol. The molecule has 1 aliphatic carbocycles. The highest BCUT2D eigenvalue weighted by Crippen LogP contribution is 2.36. The van der Waals surface area contributed by atoms with E-state index in [1.165, 1.54) is 18.5 Å². The van der Waals surface area contributed by atoms with Crippen molar-refractivity contribution in [2.75, 3.05) is 0 Å². The van der Waals surface area contributed by atoms with Gasteiger partial charge in [-0.25, -0.2) is 9.97 Å². The van der Waals surface area contributed by atoms with Gasteiger partial charge in [-0.05, 0) is 12.1 Å². The second-order valence-corrected chi connectivity index (χ2v) is 5.65. The number of pyridine rings is 1. The molecule has 0 aromatic carbocycles. The first-order valence-corrected chi connectivity index (χ1v) is 7.13. The number of alkyl halides is 3. The van der Waals surface area contributed by atoms with Crippen molar-refractivity contribution in [1.82, 2.24) is 24.7 Å². The number of nitrogens with zero attached hydrogens (tertiary/aromatic N) is 4. The van der Waals surface area contributed by atoms with E-state index in [0.29, 0.717) is 15.6 Å². The lowest BCUT2D eigenvalue weighted by Gasteiger charge is -2.20. The van der Waals surface area contributed by atoms with Crippen LogP contribution in [0.4, 0.5) is 13.2 Å². The summed E-state index contributed by atoms with van der Waals surface area (Å²) >= 11 is 6.21. The maximum absolute atomic E-state index is 13.4. The summed E-state index contributed by atoms with van der Waals surface area (Å²) in [6, 6.07) is 2.42. The number of aromatic nitrogens is 5. The molecule has 0 saturated heterocycles. The molecular formula is C14H9ClF3N5. The van der Waals surface area contributed by atoms with Crippen LogP contribution >= 0.6 is 11.6 Å². The van der Waals surface area contributed by atoms with Crippen molar-refractivity contribution in [2.24, 2.45) is 0 Å². The molecule has 0 aliphatic heterocycles. The third-order valence-electron chi connectivity index (χ3n) is 3.73. The van der Waals surface area contributed by atoms with Crippen LogP contribution in [0.3, 0.4) is 0 Å². The number of imidazole rings is 1. The molecule has 3 heterocycles. The molecule has 118 valence electrons. The number of aromatic amines is 1. The molecule has 5 nitrogen and oxygen atoms in total. The van der Waals surface area contributed by atoms with Crippen LogP contribution in [0.5, 0.6) is 0 Å². The lowest BCUT2D eigenvalue weighted by molar-refractivity contribution is -0.147. The van der Waals surface area contributed by atoms with Gasteiger partial charge in [-0.3, -0.25) is 9.67 Å². The Morgan fingerprint density at radius 3 is 2.96 bits per heavy atom. The van der Waals surface area contributed by atoms with Crippen molar-refractivity contribution >= 4 is 33.9 Å². The number of rotatable bonds is 1. The maximum atomic E-state index is 13.4. The minimum Gasteiger partial charge on any atom is -0.298 e. The fourth-order valence-electron chi connectivity index (χ4n) is 2.80. The van der Waals surface area contributed by atoms with E-state index in [-0.39, 0.29) is 17.6 Å². The molecule has 0 saturated carbocycles. The van der Waals surface area contributed by atoms with Gasteiger partial charge in [0.15, 0.2) is 5.65 Å². The SMILES string of the molecule is FC(F)(F)c1nc2cccnc2n1C1C=c2cn[nH]c2=C(Cl)C1. The van der Waals surface area contributed by atoms with Crippen LogP contribution in [0, 0.1) is 0 Å². The molecule has 1 unspecified atom stereocenters. The first-order chi connectivity index (χ1) is 10.9. The van der Waals surface area contributed by atoms with Crippen molar-refractivity contribution in [2.45, 2.75) is 18.6 Å². The zero-order valence-electron chi connectivity index (χ0n) is 11.5. The molecule has 0 spiro atoms. The van der Waals surface area contributed by atoms with Gasteiger partial charge in [-0.2, -0.15) is 18.3 Å². The van der Waals surface area contributed by atoms with Crippen LogP contribution < -0.4 is 10.6 Å². The molecule has 23 heavy (non-hydrogen) atoms. The Morgan fingerprint density at radius 2 is 2.17 bits per heavy atom. The summed E-state index contributed by atoms with van der Waals surface area (Å²) in [6.07, 6.45) is 0.289. The number of nitrogens with one attached hydrogen (secondary N) is 1. The Labute approximate surface area is 132 Å². The van der Waals surface area contributed by atoms with E-state index in [0.717, 1.165) is 4.57 Å². The molecular weight excluding hydrogens is 331 g/mol. The molecule has 0 radical (unpaired) electrons. The number of H-pyrrole nitrogens is 1. The first-order valence-electron chi connectivity index (χ1n) is 6.75. The van der Waals surface area contributed by atoms with Gasteiger partial charge in [-0.15, -0.1) is 0 Å². The minimum absolute atomic E-state index is 0.178. The predicted octanol–water partition coefficient (Wildman–Crippen LogP) is 1.95. The fraction of sp³-hybridized carbons (Fsp3) is 0.214. The average Bonchev–Trinajstić information content (AvgIpc) is 3.10. The zero-order chi connectivity index (χ0) is 16.2. The van der Waals surface area contributed by atoms with Gasteiger partial charge >= 0.3 is 6.18 Å². The third-order valence-corrected chi connectivity index (χ3v) is 4.08. The number of halogens is 4. The van der Waals surface area contributed by atoms with Crippen LogP contribution in [0.15, 0.2) is 24.5 Å². The molecule has 4 rings (SSSR count). The number of fused-ring (bicyclic) bond motifs is 2. The Kier molecular flexibility index (Phi) is 2.99. The molecule has 0 amide bonds. The largest absolute Gasteiger partial charge is 0.449 e. The molecule has 3 aromatic heterocycles. The lowest BCUT2D eigenvalue weighted by atomic mass is 10.1. The predicted molar refractivity (Wildman–Crippen MR) is 77.7 cm³/mol. The van der Waals surface area contributed by atoms with E-state index >= 15 is 0 Å². The van der Waals surface area contributed by atoms with Gasteiger partial charge < -0.3 is 0 Å². The quantitative estimate of drug-likeness (QED) is 0.737. The maximum Gasteiger partial charge on any atom is 0.449 e. The Balaban J connectivity index is 1.99. The van der Waals surface area contributed by atoms with Crippen LogP contribution in [0.25, 0.3) is 22.3 Å². The van der Waals surface area contributed by atoms with Crippen LogP contribution in [0.2, 0.25) is 0 Å². The second kappa shape index (κ2) is 4.82. The summed E-state index contributed by atoms with van der Waals surface area (Å²) in [5.41, 5.74) is 0.375. The summed E-state index contributed by atoms with van der Waals surface area (Å²) in [7, 11) is 0. The standard InChI is InChI=1S/C14H9ClF3N5/c15-9-5-8(4-7-6-20-22-11(7)9)23-12-10(2-1-3-19-12)21-13(23)14(16,17)18/h1-4,6,8,22H,5H2. The van der Waals surface area contributed by atoms with Crippen LogP contribution in [-0.2, 0) is 6.18 Å². The van der Waals surface area contributed by atoms with E-state index in [1.807, 2.05) is 0 Å². The molecule has 0 fully saturated rings. The Bertz CT molecular complexity index is 1020. The molecule has 1 aliphatic rings. The fourth-order valence-corrected chi connectivity index (χ4v) is 3.11. The zero-order valence-corrected chi connectivity index (χ0v) is 12.2. The highest BCUT2D eigenvalue weighted by atomic mass is 35.5. The summed E-state index contributed by atoms with van der Waals surface area (Å²) in [5.74, 6) is -0.983. The van der Waals surface area contributed by atoms with Crippen LogP contribution in [0.1, 0.15) is 18.3 Å². The van der Waals surface area contributed by atoms with Gasteiger partial charge in [0.2, 0.25) is 5.82 Å². The van der Waals surface area contributed by atoms with Crippen molar-refractivity contribution in [1.29, 1.82) is 0 Å². The summed E-state index contributed by atoms with van der Waals surface area (Å²) < 4.78 is 41.3. The van der Waals surface area contributed by atoms with E-state index in [1.54, 1.807) is 12.1 Å². The van der Waals surface area contributed by atoms with Gasteiger partial charge in [0.25, 0.3) is 0 Å². The van der Waals surface area contributed by atoms with E-state index in [9.17, 15) is 13.2 Å². The van der Waals surface area contributed by atoms with Gasteiger partial charge in [0.05, 0.1) is 17.6 Å². The molecule has 9 heteroatoms. The van der Waals surface area contributed by atoms with E-state index in [2.05, 4.69) is 20.2 Å². The first kappa shape index (κ1) is 14.3. The normalized spacial score (nSPS) is 18.1. The minimum atomic E-state index is -4.59. The Hall–Kier alpha value is -2.35. The van der Waals surface area contributed by atoms with Crippen molar-refractivity contribution < 1.29 is 13.2 Å². The van der Waals surface area contributed by atoms with Crippen molar-refractivity contribution in [3.05, 3.63) is 40.9 Å². The lowest BCUT2D eigenvalue weighted by Crippen LogP contribution is -2.31. The highest BCUT2D eigenvalue weighted by Gasteiger charge is 2.39. The monoisotopic (exact) mass is 339 g/mol. The van der Waals surface area contributed by atoms with E-state index < -0.39 is 18.0 Å². The van der Waals surface area contributed by atoms with Crippen LogP contribution in [-0.4, -0.2) is 24.7 Å². The summed E-state index contributed by atoms with van der Waals surface area (Å²) in [4.78, 5) is 7.77. The number of hydrogen-bond donors (Lipinski definition) is 1. The third kappa shape index (κ3) is 2.21. The van der Waals surface area contributed by atoms with E-state index in [4.69, 9.17) is 11.6 Å². The van der Waals surface area contributed by atoms with Gasteiger partial charge in [0, 0.05) is 22.9 Å². The molecule has 3 aromatic rings. The summed E-state index contributed by atoms with van der Waals surface area (Å²) in [5, 5.41) is 8.35. The van der Waals surface area contributed by atoms with Gasteiger partial charge in [-0.1, -0.05) is 17.7 Å². The van der Waals surface area contributed by atoms with Crippen molar-refractivity contribution in [3.63, 3.8) is 0 Å². The highest BCUT2D eigenvalue weighted by molar-refractivity contribution is 6.45. The van der Waals surface area contributed by atoms with Crippen molar-refractivity contribution in [3.8, 4) is 0 Å².